The molecular formula is C19H19NO8. The van der Waals surface area contributed by atoms with Crippen LogP contribution in [0.5, 0.6) is 17.2 Å². The molecule has 2 rings (SSSR count). The van der Waals surface area contributed by atoms with Gasteiger partial charge < -0.3 is 18.9 Å². The van der Waals surface area contributed by atoms with E-state index in [1.165, 1.54) is 38.5 Å². The van der Waals surface area contributed by atoms with Crippen molar-refractivity contribution < 1.29 is 33.5 Å². The van der Waals surface area contributed by atoms with E-state index in [-0.39, 0.29) is 34.9 Å². The fourth-order valence-corrected chi connectivity index (χ4v) is 2.39. The maximum absolute atomic E-state index is 12.3. The van der Waals surface area contributed by atoms with E-state index in [0.717, 1.165) is 6.07 Å². The largest absolute Gasteiger partial charge is 0.497 e. The summed E-state index contributed by atoms with van der Waals surface area (Å²) in [7, 11) is 2.88. The highest BCUT2D eigenvalue weighted by atomic mass is 16.6. The van der Waals surface area contributed by atoms with Crippen LogP contribution in [0.2, 0.25) is 0 Å². The molecule has 148 valence electrons. The summed E-state index contributed by atoms with van der Waals surface area (Å²) in [4.78, 5) is 35.0. The SMILES string of the molecule is CCOc1ccc(C(=O)OCC(=O)c2ccc(OC)cc2OC)cc1[N+](=O)[O-]. The Kier molecular flexibility index (Phi) is 6.91. The van der Waals surface area contributed by atoms with E-state index in [2.05, 4.69) is 0 Å². The Balaban J connectivity index is 2.13. The molecule has 0 aliphatic heterocycles. The number of nitro groups is 1. The monoisotopic (exact) mass is 389 g/mol. The molecule has 0 fully saturated rings. The summed E-state index contributed by atoms with van der Waals surface area (Å²) < 4.78 is 20.4. The van der Waals surface area contributed by atoms with Crippen molar-refractivity contribution in [1.82, 2.24) is 0 Å². The summed E-state index contributed by atoms with van der Waals surface area (Å²) in [5.74, 6) is -0.535. The number of carbonyl (C=O) groups excluding carboxylic acids is 2. The maximum atomic E-state index is 12.3. The van der Waals surface area contributed by atoms with Crippen molar-refractivity contribution in [3.8, 4) is 17.2 Å². The summed E-state index contributed by atoms with van der Waals surface area (Å²) in [6, 6.07) is 8.30. The average Bonchev–Trinajstić information content (AvgIpc) is 2.71. The van der Waals surface area contributed by atoms with Crippen molar-refractivity contribution in [2.45, 2.75) is 6.92 Å². The van der Waals surface area contributed by atoms with Gasteiger partial charge in [-0.1, -0.05) is 0 Å². The molecule has 0 amide bonds. The van der Waals surface area contributed by atoms with Gasteiger partial charge in [-0.25, -0.2) is 4.79 Å². The molecule has 9 nitrogen and oxygen atoms in total. The second kappa shape index (κ2) is 9.36. The Morgan fingerprint density at radius 2 is 1.79 bits per heavy atom. The van der Waals surface area contributed by atoms with Crippen LogP contribution in [0.1, 0.15) is 27.6 Å². The molecule has 2 aromatic rings. The molecule has 0 aliphatic rings. The van der Waals surface area contributed by atoms with Gasteiger partial charge in [-0.2, -0.15) is 0 Å². The van der Waals surface area contributed by atoms with E-state index in [1.807, 2.05) is 0 Å². The normalized spacial score (nSPS) is 10.1. The quantitative estimate of drug-likeness (QED) is 0.278. The second-order valence-corrected chi connectivity index (χ2v) is 5.44. The van der Waals surface area contributed by atoms with E-state index in [0.29, 0.717) is 5.75 Å². The van der Waals surface area contributed by atoms with Crippen LogP contribution in [0.4, 0.5) is 5.69 Å². The van der Waals surface area contributed by atoms with Gasteiger partial charge in [0.2, 0.25) is 5.78 Å². The molecule has 0 saturated carbocycles. The molecule has 0 unspecified atom stereocenters. The minimum atomic E-state index is -0.869. The number of hydrogen-bond acceptors (Lipinski definition) is 8. The van der Waals surface area contributed by atoms with Crippen molar-refractivity contribution in [1.29, 1.82) is 0 Å². The third-order valence-corrected chi connectivity index (χ3v) is 3.73. The average molecular weight is 389 g/mol. The molecule has 0 spiro atoms. The van der Waals surface area contributed by atoms with E-state index in [4.69, 9.17) is 18.9 Å². The fraction of sp³-hybridized carbons (Fsp3) is 0.263. The van der Waals surface area contributed by atoms with Crippen LogP contribution in [0, 0.1) is 10.1 Å². The highest BCUT2D eigenvalue weighted by Gasteiger charge is 2.21. The van der Waals surface area contributed by atoms with Crippen molar-refractivity contribution in [2.75, 3.05) is 27.4 Å². The lowest BCUT2D eigenvalue weighted by Crippen LogP contribution is -2.15. The van der Waals surface area contributed by atoms with Crippen molar-refractivity contribution >= 4 is 17.4 Å². The van der Waals surface area contributed by atoms with Crippen LogP contribution >= 0.6 is 0 Å². The minimum absolute atomic E-state index is 0.0445. The predicted octanol–water partition coefficient (Wildman–Crippen LogP) is 3.05. The molecule has 28 heavy (non-hydrogen) atoms. The number of hydrogen-bond donors (Lipinski definition) is 0. The molecule has 0 saturated heterocycles. The van der Waals surface area contributed by atoms with E-state index in [9.17, 15) is 19.7 Å². The summed E-state index contributed by atoms with van der Waals surface area (Å²) in [5, 5.41) is 11.1. The number of methoxy groups -OCH3 is 2. The van der Waals surface area contributed by atoms with Gasteiger partial charge in [0, 0.05) is 12.1 Å². The van der Waals surface area contributed by atoms with Crippen molar-refractivity contribution in [2.24, 2.45) is 0 Å². The number of nitrogens with zero attached hydrogens (tertiary/aromatic N) is 1. The molecule has 9 heteroatoms. The van der Waals surface area contributed by atoms with Crippen LogP contribution in [-0.4, -0.2) is 44.1 Å². The van der Waals surface area contributed by atoms with Gasteiger partial charge in [0.25, 0.3) is 0 Å². The zero-order chi connectivity index (χ0) is 20.7. The van der Waals surface area contributed by atoms with Gasteiger partial charge in [0.05, 0.1) is 36.9 Å². The fourth-order valence-electron chi connectivity index (χ4n) is 2.39. The maximum Gasteiger partial charge on any atom is 0.338 e. The molecule has 0 aromatic heterocycles. The smallest absolute Gasteiger partial charge is 0.338 e. The first kappa shape index (κ1) is 20.7. The van der Waals surface area contributed by atoms with Gasteiger partial charge in [0.15, 0.2) is 12.4 Å². The number of esters is 1. The number of rotatable bonds is 9. The van der Waals surface area contributed by atoms with Crippen molar-refractivity contribution in [3.63, 3.8) is 0 Å². The summed E-state index contributed by atoms with van der Waals surface area (Å²) in [5.41, 5.74) is -0.210. The van der Waals surface area contributed by atoms with E-state index >= 15 is 0 Å². The Morgan fingerprint density at radius 3 is 2.39 bits per heavy atom. The minimum Gasteiger partial charge on any atom is -0.497 e. The van der Waals surface area contributed by atoms with E-state index < -0.39 is 23.3 Å². The number of Topliss-reactive ketones (excluding diaryl/α,β-unsaturated/α-hetero) is 1. The first-order valence-corrected chi connectivity index (χ1v) is 8.24. The van der Waals surface area contributed by atoms with Crippen LogP contribution < -0.4 is 14.2 Å². The Labute approximate surface area is 160 Å². The number of carbonyl (C=O) groups is 2. The number of ether oxygens (including phenoxy) is 4. The second-order valence-electron chi connectivity index (χ2n) is 5.44. The Hall–Kier alpha value is -3.62. The molecule has 2 aromatic carbocycles. The predicted molar refractivity (Wildman–Crippen MR) is 98.4 cm³/mol. The zero-order valence-electron chi connectivity index (χ0n) is 15.6. The Morgan fingerprint density at radius 1 is 1.04 bits per heavy atom. The summed E-state index contributed by atoms with van der Waals surface area (Å²) >= 11 is 0. The lowest BCUT2D eigenvalue weighted by molar-refractivity contribution is -0.385. The van der Waals surface area contributed by atoms with Gasteiger partial charge in [0.1, 0.15) is 11.5 Å². The van der Waals surface area contributed by atoms with Gasteiger partial charge >= 0.3 is 11.7 Å². The third-order valence-electron chi connectivity index (χ3n) is 3.73. The first-order chi connectivity index (χ1) is 13.4. The first-order valence-electron chi connectivity index (χ1n) is 8.24. The topological polar surface area (TPSA) is 114 Å². The van der Waals surface area contributed by atoms with E-state index in [1.54, 1.807) is 13.0 Å². The summed E-state index contributed by atoms with van der Waals surface area (Å²) in [6.45, 7) is 1.37. The molecule has 0 radical (unpaired) electrons. The molecule has 0 atom stereocenters. The third kappa shape index (κ3) is 4.76. The van der Waals surface area contributed by atoms with Crippen molar-refractivity contribution in [3.05, 3.63) is 57.6 Å². The molecule has 0 heterocycles. The molecule has 0 bridgehead atoms. The standard InChI is InChI=1S/C19H19NO8/c1-4-27-17-8-5-12(9-15(17)20(23)24)19(22)28-11-16(21)14-7-6-13(25-2)10-18(14)26-3/h5-10H,4,11H2,1-3H3. The van der Waals surface area contributed by atoms with Gasteiger partial charge in [-0.3, -0.25) is 14.9 Å². The highest BCUT2D eigenvalue weighted by Crippen LogP contribution is 2.28. The molecule has 0 aliphatic carbocycles. The highest BCUT2D eigenvalue weighted by molar-refractivity contribution is 6.01. The number of ketones is 1. The lowest BCUT2D eigenvalue weighted by Gasteiger charge is -2.10. The zero-order valence-corrected chi connectivity index (χ0v) is 15.6. The molecular weight excluding hydrogens is 370 g/mol. The summed E-state index contributed by atoms with van der Waals surface area (Å²) in [6.07, 6.45) is 0. The molecule has 0 N–H and O–H groups in total. The number of nitro benzene ring substituents is 1. The van der Waals surface area contributed by atoms with Crippen LogP contribution in [0.25, 0.3) is 0 Å². The van der Waals surface area contributed by atoms with Gasteiger partial charge in [-0.05, 0) is 31.2 Å². The van der Waals surface area contributed by atoms with Crippen LogP contribution in [0.15, 0.2) is 36.4 Å². The van der Waals surface area contributed by atoms with Crippen LogP contribution in [-0.2, 0) is 4.74 Å². The Bertz CT molecular complexity index is 893. The number of benzene rings is 2. The lowest BCUT2D eigenvalue weighted by atomic mass is 10.1. The van der Waals surface area contributed by atoms with Crippen LogP contribution in [0.3, 0.4) is 0 Å². The van der Waals surface area contributed by atoms with Gasteiger partial charge in [-0.15, -0.1) is 0 Å².